The highest BCUT2D eigenvalue weighted by Crippen LogP contribution is 2.24. The van der Waals surface area contributed by atoms with E-state index in [1.165, 1.54) is 7.11 Å². The summed E-state index contributed by atoms with van der Waals surface area (Å²) in [7, 11) is 3.21. The number of aromatic nitrogens is 3. The average molecular weight is 259 g/mol. The standard InChI is InChI=1S/C14H17N3O2/c1-9(2)11-8-12(17(3)16-11)13-10(14(18)19-4)6-5-7-15-13/h5-9H,1-4H3. The van der Waals surface area contributed by atoms with Gasteiger partial charge in [-0.15, -0.1) is 0 Å². The fraction of sp³-hybridized carbons (Fsp3) is 0.357. The van der Waals surface area contributed by atoms with E-state index in [0.29, 0.717) is 17.2 Å². The van der Waals surface area contributed by atoms with E-state index in [0.717, 1.165) is 11.4 Å². The molecule has 0 radical (unpaired) electrons. The molecule has 5 nitrogen and oxygen atoms in total. The van der Waals surface area contributed by atoms with E-state index in [2.05, 4.69) is 23.9 Å². The van der Waals surface area contributed by atoms with Crippen LogP contribution in [0, 0.1) is 0 Å². The van der Waals surface area contributed by atoms with E-state index in [1.807, 2.05) is 13.1 Å². The van der Waals surface area contributed by atoms with Crippen molar-refractivity contribution in [3.05, 3.63) is 35.7 Å². The van der Waals surface area contributed by atoms with Crippen molar-refractivity contribution in [3.8, 4) is 11.4 Å². The summed E-state index contributed by atoms with van der Waals surface area (Å²) >= 11 is 0. The summed E-state index contributed by atoms with van der Waals surface area (Å²) in [6, 6.07) is 5.38. The van der Waals surface area contributed by atoms with Gasteiger partial charge in [0.2, 0.25) is 0 Å². The Balaban J connectivity index is 2.56. The Hall–Kier alpha value is -2.17. The second-order valence-electron chi connectivity index (χ2n) is 4.62. The molecule has 2 heterocycles. The minimum Gasteiger partial charge on any atom is -0.465 e. The lowest BCUT2D eigenvalue weighted by atomic mass is 10.1. The number of methoxy groups -OCH3 is 1. The van der Waals surface area contributed by atoms with Crippen molar-refractivity contribution in [1.82, 2.24) is 14.8 Å². The Morgan fingerprint density at radius 2 is 2.16 bits per heavy atom. The smallest absolute Gasteiger partial charge is 0.340 e. The zero-order valence-corrected chi connectivity index (χ0v) is 11.5. The molecular formula is C14H17N3O2. The van der Waals surface area contributed by atoms with Crippen molar-refractivity contribution in [2.24, 2.45) is 7.05 Å². The number of hydrogen-bond acceptors (Lipinski definition) is 4. The van der Waals surface area contributed by atoms with E-state index in [-0.39, 0.29) is 0 Å². The van der Waals surface area contributed by atoms with Crippen LogP contribution in [0.25, 0.3) is 11.4 Å². The number of carbonyl (C=O) groups excluding carboxylic acids is 1. The Labute approximate surface area is 112 Å². The van der Waals surface area contributed by atoms with Gasteiger partial charge in [-0.25, -0.2) is 4.79 Å². The number of hydrogen-bond donors (Lipinski definition) is 0. The lowest BCUT2D eigenvalue weighted by Crippen LogP contribution is -2.06. The summed E-state index contributed by atoms with van der Waals surface area (Å²) in [6.07, 6.45) is 1.66. The maximum atomic E-state index is 11.8. The summed E-state index contributed by atoms with van der Waals surface area (Å²) < 4.78 is 6.52. The summed E-state index contributed by atoms with van der Waals surface area (Å²) in [6.45, 7) is 4.15. The van der Waals surface area contributed by atoms with Gasteiger partial charge in [-0.3, -0.25) is 9.67 Å². The predicted molar refractivity (Wildman–Crippen MR) is 71.9 cm³/mol. The summed E-state index contributed by atoms with van der Waals surface area (Å²) in [4.78, 5) is 16.1. The molecule has 0 aliphatic rings. The lowest BCUT2D eigenvalue weighted by molar-refractivity contribution is 0.0601. The molecular weight excluding hydrogens is 242 g/mol. The van der Waals surface area contributed by atoms with Crippen LogP contribution in [0.5, 0.6) is 0 Å². The molecule has 2 aromatic heterocycles. The first-order valence-corrected chi connectivity index (χ1v) is 6.12. The molecule has 0 bridgehead atoms. The number of rotatable bonds is 3. The minimum atomic E-state index is -0.393. The van der Waals surface area contributed by atoms with Gasteiger partial charge < -0.3 is 4.74 Å². The fourth-order valence-corrected chi connectivity index (χ4v) is 1.88. The molecule has 2 rings (SSSR count). The lowest BCUT2D eigenvalue weighted by Gasteiger charge is -2.06. The third-order valence-electron chi connectivity index (χ3n) is 2.95. The molecule has 0 aliphatic heterocycles. The molecule has 0 aromatic carbocycles. The van der Waals surface area contributed by atoms with Gasteiger partial charge in [-0.2, -0.15) is 5.10 Å². The van der Waals surface area contributed by atoms with Crippen molar-refractivity contribution < 1.29 is 9.53 Å². The molecule has 100 valence electrons. The number of ether oxygens (including phenoxy) is 1. The monoisotopic (exact) mass is 259 g/mol. The minimum absolute atomic E-state index is 0.324. The van der Waals surface area contributed by atoms with Gasteiger partial charge in [-0.1, -0.05) is 13.8 Å². The highest BCUT2D eigenvalue weighted by Gasteiger charge is 2.18. The maximum absolute atomic E-state index is 11.8. The highest BCUT2D eigenvalue weighted by molar-refractivity contribution is 5.95. The molecule has 19 heavy (non-hydrogen) atoms. The average Bonchev–Trinajstić information content (AvgIpc) is 2.80. The van der Waals surface area contributed by atoms with E-state index in [4.69, 9.17) is 4.74 Å². The molecule has 0 unspecified atom stereocenters. The van der Waals surface area contributed by atoms with Gasteiger partial charge >= 0.3 is 5.97 Å². The van der Waals surface area contributed by atoms with Gasteiger partial charge in [-0.05, 0) is 24.1 Å². The van der Waals surface area contributed by atoms with Crippen molar-refractivity contribution >= 4 is 5.97 Å². The number of aryl methyl sites for hydroxylation is 1. The van der Waals surface area contributed by atoms with Gasteiger partial charge in [0.25, 0.3) is 0 Å². The third kappa shape index (κ3) is 2.50. The van der Waals surface area contributed by atoms with Crippen LogP contribution in [0.1, 0.15) is 35.8 Å². The van der Waals surface area contributed by atoms with Crippen LogP contribution in [-0.4, -0.2) is 27.8 Å². The van der Waals surface area contributed by atoms with E-state index in [1.54, 1.807) is 23.0 Å². The summed E-state index contributed by atoms with van der Waals surface area (Å²) in [5.74, 6) is -0.0689. The molecule has 0 spiro atoms. The molecule has 0 amide bonds. The SMILES string of the molecule is COC(=O)c1cccnc1-c1cc(C(C)C)nn1C. The molecule has 0 fully saturated rings. The van der Waals surface area contributed by atoms with Gasteiger partial charge in [0.15, 0.2) is 0 Å². The topological polar surface area (TPSA) is 57.0 Å². The van der Waals surface area contributed by atoms with Crippen LogP contribution in [0.2, 0.25) is 0 Å². The van der Waals surface area contributed by atoms with Crippen molar-refractivity contribution in [2.75, 3.05) is 7.11 Å². The quantitative estimate of drug-likeness (QED) is 0.794. The van der Waals surface area contributed by atoms with Crippen LogP contribution in [0.15, 0.2) is 24.4 Å². The van der Waals surface area contributed by atoms with Gasteiger partial charge in [0.1, 0.15) is 5.69 Å². The number of nitrogens with zero attached hydrogens (tertiary/aromatic N) is 3. The molecule has 0 aliphatic carbocycles. The van der Waals surface area contributed by atoms with Crippen LogP contribution in [0.3, 0.4) is 0 Å². The first kappa shape index (κ1) is 13.3. The first-order valence-electron chi connectivity index (χ1n) is 6.12. The molecule has 2 aromatic rings. The van der Waals surface area contributed by atoms with Crippen molar-refractivity contribution in [3.63, 3.8) is 0 Å². The normalized spacial score (nSPS) is 10.8. The molecule has 0 atom stereocenters. The highest BCUT2D eigenvalue weighted by atomic mass is 16.5. The third-order valence-corrected chi connectivity index (χ3v) is 2.95. The van der Waals surface area contributed by atoms with Crippen LogP contribution >= 0.6 is 0 Å². The van der Waals surface area contributed by atoms with E-state index < -0.39 is 5.97 Å². The van der Waals surface area contributed by atoms with Crippen LogP contribution < -0.4 is 0 Å². The van der Waals surface area contributed by atoms with Crippen molar-refractivity contribution in [2.45, 2.75) is 19.8 Å². The first-order chi connectivity index (χ1) is 9.04. The van der Waals surface area contributed by atoms with Crippen LogP contribution in [-0.2, 0) is 11.8 Å². The fourth-order valence-electron chi connectivity index (χ4n) is 1.88. The summed E-state index contributed by atoms with van der Waals surface area (Å²) in [5.41, 5.74) is 2.82. The summed E-state index contributed by atoms with van der Waals surface area (Å²) in [5, 5.41) is 4.44. The van der Waals surface area contributed by atoms with E-state index >= 15 is 0 Å². The Kier molecular flexibility index (Phi) is 3.64. The molecule has 0 N–H and O–H groups in total. The van der Waals surface area contributed by atoms with E-state index in [9.17, 15) is 4.79 Å². The largest absolute Gasteiger partial charge is 0.465 e. The molecule has 0 saturated heterocycles. The Morgan fingerprint density at radius 1 is 1.42 bits per heavy atom. The molecule has 0 saturated carbocycles. The Bertz CT molecular complexity index is 602. The zero-order valence-electron chi connectivity index (χ0n) is 11.5. The number of carbonyl (C=O) groups is 1. The number of esters is 1. The molecule has 5 heteroatoms. The maximum Gasteiger partial charge on any atom is 0.340 e. The predicted octanol–water partition coefficient (Wildman–Crippen LogP) is 2.39. The second kappa shape index (κ2) is 5.22. The second-order valence-corrected chi connectivity index (χ2v) is 4.62. The van der Waals surface area contributed by atoms with Gasteiger partial charge in [0.05, 0.1) is 24.1 Å². The number of pyridine rings is 1. The Morgan fingerprint density at radius 3 is 2.74 bits per heavy atom. The van der Waals surface area contributed by atoms with Crippen molar-refractivity contribution in [1.29, 1.82) is 0 Å². The zero-order chi connectivity index (χ0) is 14.0. The van der Waals surface area contributed by atoms with Gasteiger partial charge in [0, 0.05) is 13.2 Å². The van der Waals surface area contributed by atoms with Crippen LogP contribution in [0.4, 0.5) is 0 Å².